The maximum atomic E-state index is 12.2. The number of methoxy groups -OCH3 is 2. The lowest BCUT2D eigenvalue weighted by Crippen LogP contribution is -2.36. The number of carbonyl (C=O) groups excluding carboxylic acids is 1. The Labute approximate surface area is 136 Å². The van der Waals surface area contributed by atoms with Crippen molar-refractivity contribution in [1.82, 2.24) is 5.32 Å². The molecule has 0 aliphatic heterocycles. The molecule has 5 heteroatoms. The van der Waals surface area contributed by atoms with Crippen molar-refractivity contribution in [3.8, 4) is 17.2 Å². The Hall–Kier alpha value is -2.69. The van der Waals surface area contributed by atoms with Gasteiger partial charge >= 0.3 is 0 Å². The summed E-state index contributed by atoms with van der Waals surface area (Å²) >= 11 is 0. The van der Waals surface area contributed by atoms with Crippen molar-refractivity contribution in [1.29, 1.82) is 0 Å². The molecule has 0 aromatic heterocycles. The molecule has 23 heavy (non-hydrogen) atoms. The Kier molecular flexibility index (Phi) is 5.86. The molecular formula is C18H21NO4. The van der Waals surface area contributed by atoms with E-state index < -0.39 is 0 Å². The second-order valence-corrected chi connectivity index (χ2v) is 5.09. The molecule has 2 aromatic carbocycles. The highest BCUT2D eigenvalue weighted by molar-refractivity contribution is 5.94. The number of rotatable bonds is 7. The van der Waals surface area contributed by atoms with Gasteiger partial charge in [0.25, 0.3) is 5.91 Å². The van der Waals surface area contributed by atoms with Crippen LogP contribution in [0.25, 0.3) is 0 Å². The molecule has 2 rings (SSSR count). The van der Waals surface area contributed by atoms with E-state index in [-0.39, 0.29) is 11.9 Å². The third-order valence-corrected chi connectivity index (χ3v) is 3.27. The van der Waals surface area contributed by atoms with Gasteiger partial charge in [-0.1, -0.05) is 6.07 Å². The number of carbonyl (C=O) groups is 1. The zero-order valence-electron chi connectivity index (χ0n) is 13.5. The molecule has 1 atom stereocenters. The Balaban J connectivity index is 1.85. The summed E-state index contributed by atoms with van der Waals surface area (Å²) < 4.78 is 15.9. The molecule has 1 amide bonds. The lowest BCUT2D eigenvalue weighted by molar-refractivity contribution is 0.0926. The standard InChI is InChI=1S/C18H21NO4/c1-13(12-23-16-9-7-15(21-2)8-10-16)19-18(20)14-5-4-6-17(11-14)22-3/h4-11,13H,12H2,1-3H3,(H,19,20). The molecule has 0 heterocycles. The van der Waals surface area contributed by atoms with Gasteiger partial charge < -0.3 is 19.5 Å². The Morgan fingerprint density at radius 3 is 2.30 bits per heavy atom. The van der Waals surface area contributed by atoms with E-state index in [1.807, 2.05) is 31.2 Å². The van der Waals surface area contributed by atoms with Gasteiger partial charge in [0.05, 0.1) is 20.3 Å². The van der Waals surface area contributed by atoms with Crippen molar-refractivity contribution in [3.63, 3.8) is 0 Å². The second kappa shape index (κ2) is 8.08. The average molecular weight is 315 g/mol. The highest BCUT2D eigenvalue weighted by Crippen LogP contribution is 2.17. The number of nitrogens with one attached hydrogen (secondary N) is 1. The molecule has 0 aliphatic rings. The largest absolute Gasteiger partial charge is 0.497 e. The maximum Gasteiger partial charge on any atom is 0.251 e. The molecular weight excluding hydrogens is 294 g/mol. The van der Waals surface area contributed by atoms with Crippen LogP contribution in [0.2, 0.25) is 0 Å². The molecule has 0 fully saturated rings. The first kappa shape index (κ1) is 16.7. The third kappa shape index (κ3) is 4.92. The number of hydrogen-bond acceptors (Lipinski definition) is 4. The lowest BCUT2D eigenvalue weighted by Gasteiger charge is -2.15. The number of benzene rings is 2. The molecule has 0 saturated carbocycles. The first-order valence-corrected chi connectivity index (χ1v) is 7.34. The van der Waals surface area contributed by atoms with E-state index in [1.165, 1.54) is 0 Å². The fourth-order valence-corrected chi connectivity index (χ4v) is 2.01. The summed E-state index contributed by atoms with van der Waals surface area (Å²) in [6.45, 7) is 2.27. The molecule has 122 valence electrons. The van der Waals surface area contributed by atoms with Gasteiger partial charge in [-0.05, 0) is 49.4 Å². The number of hydrogen-bond donors (Lipinski definition) is 1. The van der Waals surface area contributed by atoms with Crippen LogP contribution in [0.4, 0.5) is 0 Å². The first-order chi connectivity index (χ1) is 11.1. The molecule has 0 aliphatic carbocycles. The molecule has 0 bridgehead atoms. The van der Waals surface area contributed by atoms with Crippen LogP contribution < -0.4 is 19.5 Å². The van der Waals surface area contributed by atoms with Crippen LogP contribution in [0, 0.1) is 0 Å². The van der Waals surface area contributed by atoms with Crippen LogP contribution >= 0.6 is 0 Å². The van der Waals surface area contributed by atoms with E-state index in [0.717, 1.165) is 11.5 Å². The molecule has 0 saturated heterocycles. The van der Waals surface area contributed by atoms with Crippen molar-refractivity contribution < 1.29 is 19.0 Å². The van der Waals surface area contributed by atoms with Gasteiger partial charge in [0, 0.05) is 5.56 Å². The minimum absolute atomic E-state index is 0.129. The normalized spacial score (nSPS) is 11.4. The zero-order valence-corrected chi connectivity index (χ0v) is 13.5. The molecule has 5 nitrogen and oxygen atoms in total. The Morgan fingerprint density at radius 1 is 1.00 bits per heavy atom. The fourth-order valence-electron chi connectivity index (χ4n) is 2.01. The quantitative estimate of drug-likeness (QED) is 0.853. The highest BCUT2D eigenvalue weighted by Gasteiger charge is 2.11. The van der Waals surface area contributed by atoms with Crippen molar-refractivity contribution in [2.75, 3.05) is 20.8 Å². The average Bonchev–Trinajstić information content (AvgIpc) is 2.60. The number of ether oxygens (including phenoxy) is 3. The highest BCUT2D eigenvalue weighted by atomic mass is 16.5. The van der Waals surface area contributed by atoms with Gasteiger partial charge in [0.15, 0.2) is 0 Å². The minimum atomic E-state index is -0.158. The summed E-state index contributed by atoms with van der Waals surface area (Å²) in [7, 11) is 3.19. The predicted molar refractivity (Wildman–Crippen MR) is 88.4 cm³/mol. The maximum absolute atomic E-state index is 12.2. The van der Waals surface area contributed by atoms with Gasteiger partial charge in [0.1, 0.15) is 23.9 Å². The Bertz CT molecular complexity index is 640. The van der Waals surface area contributed by atoms with Crippen LogP contribution in [-0.2, 0) is 0 Å². The Morgan fingerprint density at radius 2 is 1.65 bits per heavy atom. The monoisotopic (exact) mass is 315 g/mol. The van der Waals surface area contributed by atoms with E-state index in [9.17, 15) is 4.79 Å². The summed E-state index contributed by atoms with van der Waals surface area (Å²) in [5.74, 6) is 2.00. The summed E-state index contributed by atoms with van der Waals surface area (Å²) in [5.41, 5.74) is 0.556. The van der Waals surface area contributed by atoms with E-state index >= 15 is 0 Å². The van der Waals surface area contributed by atoms with Gasteiger partial charge in [-0.2, -0.15) is 0 Å². The molecule has 0 radical (unpaired) electrons. The van der Waals surface area contributed by atoms with Gasteiger partial charge in [0.2, 0.25) is 0 Å². The van der Waals surface area contributed by atoms with Crippen LogP contribution in [-0.4, -0.2) is 32.8 Å². The minimum Gasteiger partial charge on any atom is -0.497 e. The van der Waals surface area contributed by atoms with Crippen LogP contribution in [0.3, 0.4) is 0 Å². The van der Waals surface area contributed by atoms with Crippen molar-refractivity contribution >= 4 is 5.91 Å². The van der Waals surface area contributed by atoms with E-state index in [2.05, 4.69) is 5.32 Å². The van der Waals surface area contributed by atoms with E-state index in [0.29, 0.717) is 17.9 Å². The van der Waals surface area contributed by atoms with Crippen LogP contribution in [0.15, 0.2) is 48.5 Å². The summed E-state index contributed by atoms with van der Waals surface area (Å²) in [6, 6.07) is 14.2. The second-order valence-electron chi connectivity index (χ2n) is 5.09. The SMILES string of the molecule is COc1ccc(OCC(C)NC(=O)c2cccc(OC)c2)cc1. The van der Waals surface area contributed by atoms with Gasteiger partial charge in [-0.25, -0.2) is 0 Å². The first-order valence-electron chi connectivity index (χ1n) is 7.34. The summed E-state index contributed by atoms with van der Waals surface area (Å²) in [5, 5.41) is 2.90. The van der Waals surface area contributed by atoms with Crippen LogP contribution in [0.5, 0.6) is 17.2 Å². The fraction of sp³-hybridized carbons (Fsp3) is 0.278. The molecule has 2 aromatic rings. The smallest absolute Gasteiger partial charge is 0.251 e. The van der Waals surface area contributed by atoms with Gasteiger partial charge in [-0.15, -0.1) is 0 Å². The molecule has 1 N–H and O–H groups in total. The van der Waals surface area contributed by atoms with E-state index in [4.69, 9.17) is 14.2 Å². The summed E-state index contributed by atoms with van der Waals surface area (Å²) in [6.07, 6.45) is 0. The topological polar surface area (TPSA) is 56.8 Å². The molecule has 1 unspecified atom stereocenters. The third-order valence-electron chi connectivity index (χ3n) is 3.27. The van der Waals surface area contributed by atoms with Crippen molar-refractivity contribution in [2.45, 2.75) is 13.0 Å². The van der Waals surface area contributed by atoms with E-state index in [1.54, 1.807) is 38.5 Å². The van der Waals surface area contributed by atoms with Crippen LogP contribution in [0.1, 0.15) is 17.3 Å². The van der Waals surface area contributed by atoms with Gasteiger partial charge in [-0.3, -0.25) is 4.79 Å². The summed E-state index contributed by atoms with van der Waals surface area (Å²) in [4.78, 5) is 12.2. The zero-order chi connectivity index (χ0) is 16.7. The van der Waals surface area contributed by atoms with Crippen molar-refractivity contribution in [2.24, 2.45) is 0 Å². The number of amides is 1. The molecule has 0 spiro atoms. The predicted octanol–water partition coefficient (Wildman–Crippen LogP) is 2.90. The lowest BCUT2D eigenvalue weighted by atomic mass is 10.2. The van der Waals surface area contributed by atoms with Crippen molar-refractivity contribution in [3.05, 3.63) is 54.1 Å².